The lowest BCUT2D eigenvalue weighted by atomic mass is 9.91. The van der Waals surface area contributed by atoms with E-state index < -0.39 is 0 Å². The number of rotatable bonds is 6. The van der Waals surface area contributed by atoms with Crippen molar-refractivity contribution in [2.24, 2.45) is 11.7 Å². The lowest BCUT2D eigenvalue weighted by molar-refractivity contribution is -0.131. The first-order chi connectivity index (χ1) is 12.9. The molecule has 0 aliphatic carbocycles. The second kappa shape index (κ2) is 8.57. The highest BCUT2D eigenvalue weighted by atomic mass is 16.5. The molecule has 1 aliphatic heterocycles. The molecule has 3 rings (SSSR count). The van der Waals surface area contributed by atoms with E-state index in [1.54, 1.807) is 0 Å². The average molecular weight is 371 g/mol. The molecule has 146 valence electrons. The smallest absolute Gasteiger partial charge is 0.226 e. The van der Waals surface area contributed by atoms with Crippen molar-refractivity contribution < 1.29 is 14.1 Å². The van der Waals surface area contributed by atoms with E-state index in [0.29, 0.717) is 18.9 Å². The number of nitrogens with two attached hydrogens (primary N) is 1. The summed E-state index contributed by atoms with van der Waals surface area (Å²) in [4.78, 5) is 14.5. The predicted molar refractivity (Wildman–Crippen MR) is 103 cm³/mol. The molecular formula is C21H29N3O3. The number of aryl methyl sites for hydroxylation is 2. The summed E-state index contributed by atoms with van der Waals surface area (Å²) in [5.41, 5.74) is 8.80. The summed E-state index contributed by atoms with van der Waals surface area (Å²) in [5, 5.41) is 3.93. The molecule has 27 heavy (non-hydrogen) atoms. The summed E-state index contributed by atoms with van der Waals surface area (Å²) in [5.74, 6) is 2.26. The van der Waals surface area contributed by atoms with Gasteiger partial charge in [-0.2, -0.15) is 0 Å². The topological polar surface area (TPSA) is 81.6 Å². The van der Waals surface area contributed by atoms with Crippen LogP contribution in [-0.2, 0) is 17.8 Å². The van der Waals surface area contributed by atoms with Crippen LogP contribution in [0.25, 0.3) is 0 Å². The number of carbonyl (C=O) groups is 1. The second-order valence-electron chi connectivity index (χ2n) is 7.49. The van der Waals surface area contributed by atoms with Gasteiger partial charge in [0.15, 0.2) is 0 Å². The number of aromatic nitrogens is 1. The Hall–Kier alpha value is -2.34. The van der Waals surface area contributed by atoms with Crippen molar-refractivity contribution in [3.63, 3.8) is 0 Å². The van der Waals surface area contributed by atoms with Crippen LogP contribution in [0.5, 0.6) is 5.75 Å². The van der Waals surface area contributed by atoms with Crippen LogP contribution >= 0.6 is 0 Å². The zero-order valence-electron chi connectivity index (χ0n) is 16.4. The van der Waals surface area contributed by atoms with Gasteiger partial charge in [-0.15, -0.1) is 0 Å². The lowest BCUT2D eigenvalue weighted by Crippen LogP contribution is -2.43. The van der Waals surface area contributed by atoms with Crippen LogP contribution < -0.4 is 10.5 Å². The molecule has 2 N–H and O–H groups in total. The average Bonchev–Trinajstić information content (AvgIpc) is 2.99. The van der Waals surface area contributed by atoms with Crippen LogP contribution in [0.15, 0.2) is 28.8 Å². The Morgan fingerprint density at radius 3 is 2.52 bits per heavy atom. The zero-order chi connectivity index (χ0) is 19.4. The summed E-state index contributed by atoms with van der Waals surface area (Å²) in [6, 6.07) is 7.93. The van der Waals surface area contributed by atoms with Gasteiger partial charge in [0, 0.05) is 19.1 Å². The maximum Gasteiger partial charge on any atom is 0.226 e. The van der Waals surface area contributed by atoms with E-state index in [-0.39, 0.29) is 11.9 Å². The van der Waals surface area contributed by atoms with Gasteiger partial charge in [0.25, 0.3) is 0 Å². The fourth-order valence-electron chi connectivity index (χ4n) is 3.53. The van der Waals surface area contributed by atoms with Gasteiger partial charge in [0.05, 0.1) is 17.7 Å². The Balaban J connectivity index is 1.50. The van der Waals surface area contributed by atoms with Gasteiger partial charge in [-0.05, 0) is 57.2 Å². The Bertz CT molecular complexity index is 740. The van der Waals surface area contributed by atoms with Crippen molar-refractivity contribution >= 4 is 5.91 Å². The fraction of sp³-hybridized carbons (Fsp3) is 0.524. The second-order valence-corrected chi connectivity index (χ2v) is 7.49. The molecular weight excluding hydrogens is 342 g/mol. The van der Waals surface area contributed by atoms with Crippen molar-refractivity contribution in [3.05, 3.63) is 46.8 Å². The maximum atomic E-state index is 12.5. The molecule has 0 saturated carbocycles. The normalized spacial score (nSPS) is 16.4. The van der Waals surface area contributed by atoms with E-state index in [1.807, 2.05) is 43.0 Å². The monoisotopic (exact) mass is 371 g/mol. The predicted octanol–water partition coefficient (Wildman–Crippen LogP) is 3.00. The van der Waals surface area contributed by atoms with Crippen LogP contribution in [0.1, 0.15) is 42.3 Å². The molecule has 1 aliphatic rings. The zero-order valence-corrected chi connectivity index (χ0v) is 16.4. The number of hydrogen-bond acceptors (Lipinski definition) is 5. The van der Waals surface area contributed by atoms with Gasteiger partial charge in [-0.3, -0.25) is 4.79 Å². The minimum atomic E-state index is 0.183. The number of benzene rings is 1. The van der Waals surface area contributed by atoms with Gasteiger partial charge in [0.2, 0.25) is 5.91 Å². The molecule has 1 unspecified atom stereocenters. The SMILES string of the molecule is Cc1noc(C)c1COc1ccc(CC(=O)N2CCC(C(C)N)CC2)cc1. The third-order valence-corrected chi connectivity index (χ3v) is 5.48. The van der Waals surface area contributed by atoms with Gasteiger partial charge < -0.3 is 19.9 Å². The third kappa shape index (κ3) is 4.89. The van der Waals surface area contributed by atoms with E-state index in [9.17, 15) is 4.79 Å². The molecule has 6 nitrogen and oxygen atoms in total. The van der Waals surface area contributed by atoms with Gasteiger partial charge in [0.1, 0.15) is 18.1 Å². The molecule has 1 saturated heterocycles. The van der Waals surface area contributed by atoms with Crippen LogP contribution in [-0.4, -0.2) is 35.1 Å². The molecule has 1 fully saturated rings. The Kier molecular flexibility index (Phi) is 6.16. The van der Waals surface area contributed by atoms with E-state index in [2.05, 4.69) is 12.1 Å². The van der Waals surface area contributed by atoms with E-state index in [4.69, 9.17) is 15.0 Å². The summed E-state index contributed by atoms with van der Waals surface area (Å²) in [6.07, 6.45) is 2.42. The Morgan fingerprint density at radius 1 is 1.30 bits per heavy atom. The highest BCUT2D eigenvalue weighted by molar-refractivity contribution is 5.78. The number of ether oxygens (including phenoxy) is 1. The van der Waals surface area contributed by atoms with Crippen LogP contribution in [0, 0.1) is 19.8 Å². The van der Waals surface area contributed by atoms with Crippen molar-refractivity contribution in [2.75, 3.05) is 13.1 Å². The first-order valence-corrected chi connectivity index (χ1v) is 9.61. The van der Waals surface area contributed by atoms with E-state index in [1.165, 1.54) is 0 Å². The van der Waals surface area contributed by atoms with E-state index >= 15 is 0 Å². The van der Waals surface area contributed by atoms with Crippen LogP contribution in [0.2, 0.25) is 0 Å². The number of carbonyl (C=O) groups excluding carboxylic acids is 1. The standard InChI is InChI=1S/C21H29N3O3/c1-14(22)18-8-10-24(11-9-18)21(25)12-17-4-6-19(7-5-17)26-13-20-15(2)23-27-16(20)3/h4-7,14,18H,8-13,22H2,1-3H3. The maximum absolute atomic E-state index is 12.5. The third-order valence-electron chi connectivity index (χ3n) is 5.48. The molecule has 1 aromatic heterocycles. The summed E-state index contributed by atoms with van der Waals surface area (Å²) < 4.78 is 11.0. The molecule has 6 heteroatoms. The van der Waals surface area contributed by atoms with Gasteiger partial charge >= 0.3 is 0 Å². The molecule has 2 heterocycles. The minimum Gasteiger partial charge on any atom is -0.489 e. The Labute approximate surface area is 160 Å². The largest absolute Gasteiger partial charge is 0.489 e. The van der Waals surface area contributed by atoms with Crippen molar-refractivity contribution in [2.45, 2.75) is 52.7 Å². The lowest BCUT2D eigenvalue weighted by Gasteiger charge is -2.33. The molecule has 0 spiro atoms. The molecule has 1 aromatic carbocycles. The summed E-state index contributed by atoms with van der Waals surface area (Å²) in [6.45, 7) is 7.88. The molecule has 0 bridgehead atoms. The van der Waals surface area contributed by atoms with Crippen molar-refractivity contribution in [1.29, 1.82) is 0 Å². The quantitative estimate of drug-likeness (QED) is 0.844. The van der Waals surface area contributed by atoms with E-state index in [0.717, 1.165) is 54.3 Å². The Morgan fingerprint density at radius 2 is 1.96 bits per heavy atom. The van der Waals surface area contributed by atoms with Crippen LogP contribution in [0.4, 0.5) is 0 Å². The van der Waals surface area contributed by atoms with Gasteiger partial charge in [-0.1, -0.05) is 17.3 Å². The number of likely N-dealkylation sites (tertiary alicyclic amines) is 1. The minimum absolute atomic E-state index is 0.183. The summed E-state index contributed by atoms with van der Waals surface area (Å²) >= 11 is 0. The van der Waals surface area contributed by atoms with Crippen molar-refractivity contribution in [3.8, 4) is 5.75 Å². The first kappa shape index (κ1) is 19.4. The van der Waals surface area contributed by atoms with Gasteiger partial charge in [-0.25, -0.2) is 0 Å². The number of nitrogens with zero attached hydrogens (tertiary/aromatic N) is 2. The highest BCUT2D eigenvalue weighted by Crippen LogP contribution is 2.21. The fourth-order valence-corrected chi connectivity index (χ4v) is 3.53. The number of amides is 1. The highest BCUT2D eigenvalue weighted by Gasteiger charge is 2.24. The molecule has 1 atom stereocenters. The first-order valence-electron chi connectivity index (χ1n) is 9.61. The van der Waals surface area contributed by atoms with Crippen molar-refractivity contribution in [1.82, 2.24) is 10.1 Å². The number of hydrogen-bond donors (Lipinski definition) is 1. The molecule has 2 aromatic rings. The molecule has 1 amide bonds. The van der Waals surface area contributed by atoms with Crippen LogP contribution in [0.3, 0.4) is 0 Å². The number of piperidine rings is 1. The molecule has 0 radical (unpaired) electrons. The summed E-state index contributed by atoms with van der Waals surface area (Å²) in [7, 11) is 0.